The Morgan fingerprint density at radius 3 is 3.13 bits per heavy atom. The first-order valence-corrected chi connectivity index (χ1v) is 5.52. The van der Waals surface area contributed by atoms with Crippen LogP contribution in [0.25, 0.3) is 0 Å². The van der Waals surface area contributed by atoms with E-state index in [0.29, 0.717) is 12.5 Å². The minimum atomic E-state index is 0.189. The molecule has 1 fully saturated rings. The van der Waals surface area contributed by atoms with E-state index in [2.05, 4.69) is 22.2 Å². The van der Waals surface area contributed by atoms with Crippen LogP contribution in [0.3, 0.4) is 0 Å². The molecule has 2 rings (SSSR count). The maximum Gasteiger partial charge on any atom is 0.223 e. The van der Waals surface area contributed by atoms with Crippen molar-refractivity contribution in [2.45, 2.75) is 32.7 Å². The molecule has 0 aliphatic heterocycles. The molecule has 1 amide bonds. The normalized spacial score (nSPS) is 25.4. The fourth-order valence-corrected chi connectivity index (χ4v) is 2.23. The summed E-state index contributed by atoms with van der Waals surface area (Å²) in [6.07, 6.45) is 6.76. The standard InChI is InChI=1S/C11H17N3O/c1-8-3-2-4-10(8)11(15)13-6-9-5-12-7-14-9/h5,7-8,10H,2-4,6H2,1H3,(H,12,14)(H,13,15). The van der Waals surface area contributed by atoms with Crippen LogP contribution >= 0.6 is 0 Å². The Bertz CT molecular complexity index is 321. The fourth-order valence-electron chi connectivity index (χ4n) is 2.23. The molecule has 2 unspecified atom stereocenters. The maximum atomic E-state index is 11.8. The van der Waals surface area contributed by atoms with E-state index in [1.54, 1.807) is 12.5 Å². The van der Waals surface area contributed by atoms with E-state index in [0.717, 1.165) is 12.1 Å². The van der Waals surface area contributed by atoms with Gasteiger partial charge in [-0.2, -0.15) is 0 Å². The van der Waals surface area contributed by atoms with Crippen LogP contribution in [0, 0.1) is 11.8 Å². The SMILES string of the molecule is CC1CCCC1C(=O)NCc1cnc[nH]1. The second-order valence-corrected chi connectivity index (χ2v) is 4.31. The molecule has 0 spiro atoms. The number of imidazole rings is 1. The highest BCUT2D eigenvalue weighted by Gasteiger charge is 2.29. The van der Waals surface area contributed by atoms with Gasteiger partial charge in [-0.3, -0.25) is 4.79 Å². The molecule has 1 aliphatic rings. The predicted molar refractivity (Wildman–Crippen MR) is 56.9 cm³/mol. The van der Waals surface area contributed by atoms with Crippen molar-refractivity contribution in [3.05, 3.63) is 18.2 Å². The lowest BCUT2D eigenvalue weighted by molar-refractivity contribution is -0.126. The second-order valence-electron chi connectivity index (χ2n) is 4.31. The second kappa shape index (κ2) is 4.47. The minimum Gasteiger partial charge on any atom is -0.350 e. The summed E-state index contributed by atoms with van der Waals surface area (Å²) in [5, 5.41) is 2.95. The summed E-state index contributed by atoms with van der Waals surface area (Å²) >= 11 is 0. The van der Waals surface area contributed by atoms with Gasteiger partial charge in [-0.05, 0) is 18.8 Å². The van der Waals surface area contributed by atoms with Crippen molar-refractivity contribution in [2.75, 3.05) is 0 Å². The molecule has 1 aromatic heterocycles. The van der Waals surface area contributed by atoms with E-state index < -0.39 is 0 Å². The molecule has 0 aromatic carbocycles. The number of H-pyrrole nitrogens is 1. The molecule has 1 saturated carbocycles. The summed E-state index contributed by atoms with van der Waals surface area (Å²) in [5.41, 5.74) is 0.953. The van der Waals surface area contributed by atoms with Crippen molar-refractivity contribution in [2.24, 2.45) is 11.8 Å². The van der Waals surface area contributed by atoms with Gasteiger partial charge in [0, 0.05) is 12.1 Å². The topological polar surface area (TPSA) is 57.8 Å². The highest BCUT2D eigenvalue weighted by molar-refractivity contribution is 5.79. The van der Waals surface area contributed by atoms with Crippen molar-refractivity contribution in [1.29, 1.82) is 0 Å². The summed E-state index contributed by atoms with van der Waals surface area (Å²) in [7, 11) is 0. The lowest BCUT2D eigenvalue weighted by Crippen LogP contribution is -2.31. The minimum absolute atomic E-state index is 0.189. The summed E-state index contributed by atoms with van der Waals surface area (Å²) in [5.74, 6) is 0.939. The van der Waals surface area contributed by atoms with E-state index in [-0.39, 0.29) is 11.8 Å². The molecule has 4 heteroatoms. The van der Waals surface area contributed by atoms with Crippen LogP contribution in [0.15, 0.2) is 12.5 Å². The van der Waals surface area contributed by atoms with Gasteiger partial charge in [0.25, 0.3) is 0 Å². The number of amides is 1. The number of carbonyl (C=O) groups is 1. The van der Waals surface area contributed by atoms with Gasteiger partial charge >= 0.3 is 0 Å². The van der Waals surface area contributed by atoms with E-state index in [1.165, 1.54) is 12.8 Å². The lowest BCUT2D eigenvalue weighted by atomic mass is 9.97. The van der Waals surface area contributed by atoms with E-state index in [4.69, 9.17) is 0 Å². The predicted octanol–water partition coefficient (Wildman–Crippen LogP) is 1.46. The van der Waals surface area contributed by atoms with Crippen LogP contribution in [-0.2, 0) is 11.3 Å². The zero-order valence-corrected chi connectivity index (χ0v) is 8.99. The highest BCUT2D eigenvalue weighted by Crippen LogP contribution is 2.31. The highest BCUT2D eigenvalue weighted by atomic mass is 16.1. The number of hydrogen-bond acceptors (Lipinski definition) is 2. The third-order valence-electron chi connectivity index (χ3n) is 3.21. The van der Waals surface area contributed by atoms with E-state index >= 15 is 0 Å². The molecular formula is C11H17N3O. The summed E-state index contributed by atoms with van der Waals surface area (Å²) in [6.45, 7) is 2.72. The molecule has 4 nitrogen and oxygen atoms in total. The van der Waals surface area contributed by atoms with Gasteiger partial charge in [0.05, 0.1) is 18.6 Å². The smallest absolute Gasteiger partial charge is 0.223 e. The molecule has 1 aromatic rings. The Morgan fingerprint density at radius 1 is 1.67 bits per heavy atom. The first kappa shape index (κ1) is 10.2. The summed E-state index contributed by atoms with van der Waals surface area (Å²) in [6, 6.07) is 0. The third kappa shape index (κ3) is 2.37. The Morgan fingerprint density at radius 2 is 2.53 bits per heavy atom. The number of nitrogens with zero attached hydrogens (tertiary/aromatic N) is 1. The van der Waals surface area contributed by atoms with Crippen LogP contribution in [0.2, 0.25) is 0 Å². The Balaban J connectivity index is 1.82. The third-order valence-corrected chi connectivity index (χ3v) is 3.21. The number of hydrogen-bond donors (Lipinski definition) is 2. The molecule has 2 N–H and O–H groups in total. The molecular weight excluding hydrogens is 190 g/mol. The van der Waals surface area contributed by atoms with Crippen LogP contribution in [0.1, 0.15) is 31.9 Å². The first-order valence-electron chi connectivity index (χ1n) is 5.52. The zero-order chi connectivity index (χ0) is 10.7. The van der Waals surface area contributed by atoms with Gasteiger partial charge in [-0.25, -0.2) is 4.98 Å². The molecule has 0 bridgehead atoms. The monoisotopic (exact) mass is 207 g/mol. The fraction of sp³-hybridized carbons (Fsp3) is 0.636. The number of nitrogens with one attached hydrogen (secondary N) is 2. The van der Waals surface area contributed by atoms with Gasteiger partial charge in [0.15, 0.2) is 0 Å². The summed E-state index contributed by atoms with van der Waals surface area (Å²) < 4.78 is 0. The van der Waals surface area contributed by atoms with Gasteiger partial charge < -0.3 is 10.3 Å². The Hall–Kier alpha value is -1.32. The molecule has 0 saturated heterocycles. The van der Waals surface area contributed by atoms with Crippen LogP contribution in [0.4, 0.5) is 0 Å². The number of aromatic amines is 1. The Kier molecular flexibility index (Phi) is 3.04. The molecule has 1 heterocycles. The van der Waals surface area contributed by atoms with E-state index in [9.17, 15) is 4.79 Å². The zero-order valence-electron chi connectivity index (χ0n) is 8.99. The average Bonchev–Trinajstić information content (AvgIpc) is 2.84. The van der Waals surface area contributed by atoms with Gasteiger partial charge in [0.2, 0.25) is 5.91 Å². The Labute approximate surface area is 89.5 Å². The summed E-state index contributed by atoms with van der Waals surface area (Å²) in [4.78, 5) is 18.7. The number of carbonyl (C=O) groups excluding carboxylic acids is 1. The molecule has 15 heavy (non-hydrogen) atoms. The van der Waals surface area contributed by atoms with E-state index in [1.807, 2.05) is 0 Å². The number of aromatic nitrogens is 2. The van der Waals surface area contributed by atoms with Crippen molar-refractivity contribution < 1.29 is 4.79 Å². The van der Waals surface area contributed by atoms with Gasteiger partial charge in [-0.15, -0.1) is 0 Å². The molecule has 0 radical (unpaired) electrons. The quantitative estimate of drug-likeness (QED) is 0.788. The maximum absolute atomic E-state index is 11.8. The molecule has 2 atom stereocenters. The van der Waals surface area contributed by atoms with Crippen molar-refractivity contribution in [1.82, 2.24) is 15.3 Å². The molecule has 82 valence electrons. The van der Waals surface area contributed by atoms with Crippen LogP contribution < -0.4 is 5.32 Å². The van der Waals surface area contributed by atoms with Crippen molar-refractivity contribution in [3.63, 3.8) is 0 Å². The van der Waals surface area contributed by atoms with Gasteiger partial charge in [-0.1, -0.05) is 13.3 Å². The lowest BCUT2D eigenvalue weighted by Gasteiger charge is -2.14. The largest absolute Gasteiger partial charge is 0.350 e. The average molecular weight is 207 g/mol. The first-order chi connectivity index (χ1) is 7.27. The van der Waals surface area contributed by atoms with Crippen LogP contribution in [0.5, 0.6) is 0 Å². The van der Waals surface area contributed by atoms with Crippen molar-refractivity contribution in [3.8, 4) is 0 Å². The molecule has 1 aliphatic carbocycles. The van der Waals surface area contributed by atoms with Gasteiger partial charge in [0.1, 0.15) is 0 Å². The van der Waals surface area contributed by atoms with Crippen molar-refractivity contribution >= 4 is 5.91 Å². The van der Waals surface area contributed by atoms with Crippen LogP contribution in [-0.4, -0.2) is 15.9 Å². The number of rotatable bonds is 3.